The number of esters is 1. The maximum atomic E-state index is 13.1. The number of para-hydroxylation sites is 2. The molecule has 0 radical (unpaired) electrons. The first-order chi connectivity index (χ1) is 16.3. The van der Waals surface area contributed by atoms with Crippen LogP contribution in [0, 0.1) is 0 Å². The summed E-state index contributed by atoms with van der Waals surface area (Å²) in [7, 11) is -3.81. The number of nitrogens with zero attached hydrogens (tertiary/aromatic N) is 2. The lowest BCUT2D eigenvalue weighted by atomic mass is 10.2. The van der Waals surface area contributed by atoms with E-state index in [0.717, 1.165) is 0 Å². The first-order valence-electron chi connectivity index (χ1n) is 10.7. The third kappa shape index (κ3) is 4.55. The lowest BCUT2D eigenvalue weighted by Crippen LogP contribution is -2.30. The van der Waals surface area contributed by atoms with Crippen LogP contribution >= 0.6 is 0 Å². The summed E-state index contributed by atoms with van der Waals surface area (Å²) in [5, 5.41) is 0.443. The number of aromatic amines is 1. The molecule has 3 aromatic carbocycles. The SMILES string of the molecule is CCN(c1ccccc1)S(=O)(=O)c1ccc(C(=O)O[C@H](C)c2nc3ccccc3c(=O)[nH]2)cc1. The van der Waals surface area contributed by atoms with E-state index in [1.165, 1.54) is 28.6 Å². The zero-order chi connectivity index (χ0) is 24.3. The van der Waals surface area contributed by atoms with Crippen molar-refractivity contribution >= 4 is 32.6 Å². The first-order valence-corrected chi connectivity index (χ1v) is 12.1. The molecular formula is C25H23N3O5S. The number of fused-ring (bicyclic) bond motifs is 1. The Labute approximate surface area is 196 Å². The highest BCUT2D eigenvalue weighted by Crippen LogP contribution is 2.24. The number of sulfonamides is 1. The van der Waals surface area contributed by atoms with Crippen molar-refractivity contribution in [3.05, 3.63) is 101 Å². The smallest absolute Gasteiger partial charge is 0.338 e. The topological polar surface area (TPSA) is 109 Å². The van der Waals surface area contributed by atoms with Gasteiger partial charge < -0.3 is 9.72 Å². The van der Waals surface area contributed by atoms with Crippen LogP contribution in [0.5, 0.6) is 0 Å². The largest absolute Gasteiger partial charge is 0.451 e. The highest BCUT2D eigenvalue weighted by Gasteiger charge is 2.24. The maximum absolute atomic E-state index is 13.1. The van der Waals surface area contributed by atoms with E-state index in [9.17, 15) is 18.0 Å². The van der Waals surface area contributed by atoms with Gasteiger partial charge in [-0.25, -0.2) is 18.2 Å². The van der Waals surface area contributed by atoms with Gasteiger partial charge in [-0.2, -0.15) is 0 Å². The second-order valence-electron chi connectivity index (χ2n) is 7.55. The van der Waals surface area contributed by atoms with Gasteiger partial charge in [0.2, 0.25) is 0 Å². The van der Waals surface area contributed by atoms with Crippen LogP contribution in [-0.4, -0.2) is 30.9 Å². The van der Waals surface area contributed by atoms with E-state index in [4.69, 9.17) is 4.74 Å². The van der Waals surface area contributed by atoms with Gasteiger partial charge in [-0.05, 0) is 62.4 Å². The molecule has 4 rings (SSSR count). The molecule has 0 fully saturated rings. The summed E-state index contributed by atoms with van der Waals surface area (Å²) in [4.78, 5) is 32.0. The number of nitrogens with one attached hydrogen (secondary N) is 1. The third-order valence-corrected chi connectivity index (χ3v) is 7.23. The van der Waals surface area contributed by atoms with Crippen molar-refractivity contribution in [1.82, 2.24) is 9.97 Å². The van der Waals surface area contributed by atoms with Gasteiger partial charge in [0, 0.05) is 6.54 Å². The lowest BCUT2D eigenvalue weighted by Gasteiger charge is -2.23. The number of H-pyrrole nitrogens is 1. The van der Waals surface area contributed by atoms with Gasteiger partial charge in [0.1, 0.15) is 0 Å². The number of anilines is 1. The number of aromatic nitrogens is 2. The van der Waals surface area contributed by atoms with Gasteiger partial charge in [-0.1, -0.05) is 30.3 Å². The number of carbonyl (C=O) groups is 1. The van der Waals surface area contributed by atoms with Crippen LogP contribution in [0.2, 0.25) is 0 Å². The van der Waals surface area contributed by atoms with Crippen molar-refractivity contribution in [1.29, 1.82) is 0 Å². The lowest BCUT2D eigenvalue weighted by molar-refractivity contribution is 0.0320. The van der Waals surface area contributed by atoms with E-state index >= 15 is 0 Å². The van der Waals surface area contributed by atoms with Crippen LogP contribution in [-0.2, 0) is 14.8 Å². The van der Waals surface area contributed by atoms with Crippen molar-refractivity contribution in [2.75, 3.05) is 10.8 Å². The van der Waals surface area contributed by atoms with Gasteiger partial charge in [0.15, 0.2) is 11.9 Å². The Morgan fingerprint density at radius 3 is 2.32 bits per heavy atom. The van der Waals surface area contributed by atoms with Crippen molar-refractivity contribution in [3.8, 4) is 0 Å². The van der Waals surface area contributed by atoms with E-state index < -0.39 is 22.1 Å². The summed E-state index contributed by atoms with van der Waals surface area (Å²) in [6, 6.07) is 21.2. The standard InChI is InChI=1S/C25H23N3O5S/c1-3-28(19-9-5-4-6-10-19)34(31,32)20-15-13-18(14-16-20)25(30)33-17(2)23-26-22-12-8-7-11-21(22)24(29)27-23/h4-17H,3H2,1-2H3,(H,26,27,29)/t17-/m1/s1. The normalized spacial score (nSPS) is 12.3. The Kier molecular flexibility index (Phi) is 6.47. The minimum absolute atomic E-state index is 0.0586. The minimum atomic E-state index is -3.81. The number of hydrogen-bond acceptors (Lipinski definition) is 6. The molecule has 0 saturated carbocycles. The molecule has 1 heterocycles. The fourth-order valence-electron chi connectivity index (χ4n) is 3.56. The number of benzene rings is 3. The average Bonchev–Trinajstić information content (AvgIpc) is 2.85. The van der Waals surface area contributed by atoms with Gasteiger partial charge in [0.25, 0.3) is 15.6 Å². The van der Waals surface area contributed by atoms with Crippen LogP contribution < -0.4 is 9.86 Å². The summed E-state index contributed by atoms with van der Waals surface area (Å²) in [5.74, 6) is -0.444. The van der Waals surface area contributed by atoms with Gasteiger partial charge in [0.05, 0.1) is 27.0 Å². The number of ether oxygens (including phenoxy) is 1. The van der Waals surface area contributed by atoms with Crippen molar-refractivity contribution in [3.63, 3.8) is 0 Å². The molecule has 1 aromatic heterocycles. The highest BCUT2D eigenvalue weighted by molar-refractivity contribution is 7.92. The molecule has 9 heteroatoms. The fraction of sp³-hybridized carbons (Fsp3) is 0.160. The van der Waals surface area contributed by atoms with E-state index in [2.05, 4.69) is 9.97 Å². The van der Waals surface area contributed by atoms with Crippen LogP contribution in [0.15, 0.2) is 88.6 Å². The molecule has 0 spiro atoms. The van der Waals surface area contributed by atoms with Crippen LogP contribution in [0.3, 0.4) is 0 Å². The van der Waals surface area contributed by atoms with Gasteiger partial charge >= 0.3 is 5.97 Å². The molecule has 0 aliphatic carbocycles. The number of rotatable bonds is 7. The van der Waals surface area contributed by atoms with Crippen LogP contribution in [0.25, 0.3) is 10.9 Å². The Balaban J connectivity index is 1.53. The van der Waals surface area contributed by atoms with E-state index in [1.54, 1.807) is 62.4 Å². The van der Waals surface area contributed by atoms with Crippen molar-refractivity contribution < 1.29 is 17.9 Å². The molecule has 34 heavy (non-hydrogen) atoms. The molecule has 0 unspecified atom stereocenters. The number of hydrogen-bond donors (Lipinski definition) is 1. The molecule has 174 valence electrons. The Hall–Kier alpha value is -3.98. The van der Waals surface area contributed by atoms with Gasteiger partial charge in [-0.3, -0.25) is 9.10 Å². The third-order valence-electron chi connectivity index (χ3n) is 5.31. The zero-order valence-electron chi connectivity index (χ0n) is 18.6. The van der Waals surface area contributed by atoms with Crippen molar-refractivity contribution in [2.45, 2.75) is 24.8 Å². The molecule has 1 N–H and O–H groups in total. The molecular weight excluding hydrogens is 454 g/mol. The average molecular weight is 478 g/mol. The summed E-state index contributed by atoms with van der Waals surface area (Å²) >= 11 is 0. The van der Waals surface area contributed by atoms with E-state index in [0.29, 0.717) is 16.6 Å². The molecule has 1 atom stereocenters. The quantitative estimate of drug-likeness (QED) is 0.402. The Bertz CT molecular complexity index is 1480. The first kappa shape index (κ1) is 23.2. The Morgan fingerprint density at radius 1 is 1.00 bits per heavy atom. The fourth-order valence-corrected chi connectivity index (χ4v) is 5.03. The molecule has 4 aromatic rings. The summed E-state index contributed by atoms with van der Waals surface area (Å²) in [6.45, 7) is 3.61. The molecule has 0 bridgehead atoms. The second-order valence-corrected chi connectivity index (χ2v) is 9.41. The Morgan fingerprint density at radius 2 is 1.65 bits per heavy atom. The molecule has 0 amide bonds. The summed E-state index contributed by atoms with van der Waals surface area (Å²) in [5.41, 5.74) is 0.908. The van der Waals surface area contributed by atoms with Crippen molar-refractivity contribution in [2.24, 2.45) is 0 Å². The predicted molar refractivity (Wildman–Crippen MR) is 129 cm³/mol. The van der Waals surface area contributed by atoms with Crippen LogP contribution in [0.4, 0.5) is 5.69 Å². The summed E-state index contributed by atoms with van der Waals surface area (Å²) in [6.07, 6.45) is -0.818. The molecule has 0 aliphatic rings. The monoisotopic (exact) mass is 477 g/mol. The number of carbonyl (C=O) groups excluding carboxylic acids is 1. The predicted octanol–water partition coefficient (Wildman–Crippen LogP) is 4.06. The molecule has 0 saturated heterocycles. The van der Waals surface area contributed by atoms with E-state index in [1.807, 2.05) is 6.07 Å². The zero-order valence-corrected chi connectivity index (χ0v) is 19.5. The summed E-state index contributed by atoms with van der Waals surface area (Å²) < 4.78 is 33.0. The molecule has 8 nitrogen and oxygen atoms in total. The maximum Gasteiger partial charge on any atom is 0.338 e. The highest BCUT2D eigenvalue weighted by atomic mass is 32.2. The second kappa shape index (κ2) is 9.48. The van der Waals surface area contributed by atoms with Gasteiger partial charge in [-0.15, -0.1) is 0 Å². The molecule has 0 aliphatic heterocycles. The van der Waals surface area contributed by atoms with E-state index in [-0.39, 0.29) is 28.4 Å². The van der Waals surface area contributed by atoms with Crippen LogP contribution in [0.1, 0.15) is 36.1 Å². The minimum Gasteiger partial charge on any atom is -0.451 e.